The van der Waals surface area contributed by atoms with Crippen LogP contribution >= 0.6 is 0 Å². The van der Waals surface area contributed by atoms with E-state index < -0.39 is 27.9 Å². The molecule has 2 aromatic rings. The number of anilines is 1. The van der Waals surface area contributed by atoms with Crippen LogP contribution in [0.5, 0.6) is 5.75 Å². The zero-order valence-electron chi connectivity index (χ0n) is 15.8. The monoisotopic (exact) mass is 406 g/mol. The molecule has 150 valence electrons. The van der Waals surface area contributed by atoms with E-state index in [1.165, 1.54) is 20.3 Å². The largest absolute Gasteiger partial charge is 0.497 e. The van der Waals surface area contributed by atoms with E-state index in [-0.39, 0.29) is 17.7 Å². The fraction of sp³-hybridized carbons (Fsp3) is 0.263. The first kappa shape index (κ1) is 21.4. The summed E-state index contributed by atoms with van der Waals surface area (Å²) >= 11 is 0. The van der Waals surface area contributed by atoms with Crippen molar-refractivity contribution >= 4 is 27.6 Å². The van der Waals surface area contributed by atoms with Crippen molar-refractivity contribution < 1.29 is 27.5 Å². The second-order valence-electron chi connectivity index (χ2n) is 6.01. The van der Waals surface area contributed by atoms with Crippen LogP contribution in [0.1, 0.15) is 28.4 Å². The molecule has 0 radical (unpaired) electrons. The molecule has 0 saturated heterocycles. The van der Waals surface area contributed by atoms with E-state index in [4.69, 9.17) is 9.47 Å². The number of rotatable bonds is 8. The summed E-state index contributed by atoms with van der Waals surface area (Å²) in [5.74, 6) is -0.441. The van der Waals surface area contributed by atoms with E-state index in [0.29, 0.717) is 11.3 Å². The summed E-state index contributed by atoms with van der Waals surface area (Å²) in [5.41, 5.74) is 1.09. The average molecular weight is 406 g/mol. The molecule has 0 unspecified atom stereocenters. The lowest BCUT2D eigenvalue weighted by molar-refractivity contribution is -0.116. The van der Waals surface area contributed by atoms with Gasteiger partial charge >= 0.3 is 5.97 Å². The summed E-state index contributed by atoms with van der Waals surface area (Å²) in [6.07, 6.45) is 0.850. The second kappa shape index (κ2) is 9.34. The molecule has 0 aromatic heterocycles. The average Bonchev–Trinajstić information content (AvgIpc) is 2.66. The third-order valence-corrected chi connectivity index (χ3v) is 4.58. The number of sulfonamides is 1. The number of benzene rings is 2. The standard InChI is InChI=1S/C19H22N2O6S/c1-26-14-10-8-13(9-11-14)17(21-28(3,24)25)12-18(22)20-16-7-5-4-6-15(16)19(23)27-2/h4-11,17,21H,12H2,1-3H3,(H,20,22)/t17-/m1/s1. The van der Waals surface area contributed by atoms with Crippen LogP contribution in [0, 0.1) is 0 Å². The van der Waals surface area contributed by atoms with Gasteiger partial charge in [-0.3, -0.25) is 4.79 Å². The first-order valence-electron chi connectivity index (χ1n) is 8.32. The molecule has 2 aromatic carbocycles. The number of hydrogen-bond donors (Lipinski definition) is 2. The van der Waals surface area contributed by atoms with Crippen molar-refractivity contribution in [2.75, 3.05) is 25.8 Å². The Morgan fingerprint density at radius 2 is 1.68 bits per heavy atom. The van der Waals surface area contributed by atoms with Crippen molar-refractivity contribution in [1.29, 1.82) is 0 Å². The minimum Gasteiger partial charge on any atom is -0.497 e. The van der Waals surface area contributed by atoms with E-state index in [2.05, 4.69) is 10.0 Å². The fourth-order valence-corrected chi connectivity index (χ4v) is 3.33. The molecule has 0 aliphatic carbocycles. The first-order chi connectivity index (χ1) is 13.2. The number of para-hydroxylation sites is 1. The minimum atomic E-state index is -3.57. The molecule has 2 N–H and O–H groups in total. The van der Waals surface area contributed by atoms with Gasteiger partial charge in [-0.1, -0.05) is 24.3 Å². The van der Waals surface area contributed by atoms with Crippen LogP contribution in [0.2, 0.25) is 0 Å². The van der Waals surface area contributed by atoms with Gasteiger partial charge in [0, 0.05) is 6.42 Å². The Bertz CT molecular complexity index is 941. The lowest BCUT2D eigenvalue weighted by atomic mass is 10.0. The summed E-state index contributed by atoms with van der Waals surface area (Å²) in [6.45, 7) is 0. The maximum Gasteiger partial charge on any atom is 0.339 e. The van der Waals surface area contributed by atoms with Crippen LogP contribution in [-0.2, 0) is 19.6 Å². The van der Waals surface area contributed by atoms with Crippen LogP contribution in [0.15, 0.2) is 48.5 Å². The molecule has 9 heteroatoms. The topological polar surface area (TPSA) is 111 Å². The summed E-state index contributed by atoms with van der Waals surface area (Å²) in [4.78, 5) is 24.4. The molecule has 0 heterocycles. The zero-order chi connectivity index (χ0) is 20.7. The molecule has 0 saturated carbocycles. The number of hydrogen-bond acceptors (Lipinski definition) is 6. The quantitative estimate of drug-likeness (QED) is 0.650. The maximum absolute atomic E-state index is 12.5. The molecule has 0 bridgehead atoms. The zero-order valence-corrected chi connectivity index (χ0v) is 16.6. The molecule has 1 amide bonds. The van der Waals surface area contributed by atoms with Gasteiger partial charge in [-0.05, 0) is 29.8 Å². The van der Waals surface area contributed by atoms with Crippen LogP contribution in [0.3, 0.4) is 0 Å². The number of carbonyl (C=O) groups excluding carboxylic acids is 2. The van der Waals surface area contributed by atoms with Crippen molar-refractivity contribution in [3.05, 3.63) is 59.7 Å². The van der Waals surface area contributed by atoms with Gasteiger partial charge in [0.25, 0.3) is 0 Å². The van der Waals surface area contributed by atoms with E-state index in [1.807, 2.05) is 0 Å². The number of esters is 1. The fourth-order valence-electron chi connectivity index (χ4n) is 2.59. The summed E-state index contributed by atoms with van der Waals surface area (Å²) in [5, 5.41) is 2.64. The van der Waals surface area contributed by atoms with Crippen LogP contribution in [-0.4, -0.2) is 40.8 Å². The number of amides is 1. The molecule has 1 atom stereocenters. The summed E-state index contributed by atoms with van der Waals surface area (Å²) < 4.78 is 35.7. The number of ether oxygens (including phenoxy) is 2. The first-order valence-corrected chi connectivity index (χ1v) is 10.2. The van der Waals surface area contributed by atoms with Gasteiger partial charge in [-0.25, -0.2) is 17.9 Å². The van der Waals surface area contributed by atoms with Crippen LogP contribution in [0.4, 0.5) is 5.69 Å². The van der Waals surface area contributed by atoms with E-state index >= 15 is 0 Å². The van der Waals surface area contributed by atoms with Crippen LogP contribution < -0.4 is 14.8 Å². The Balaban J connectivity index is 2.22. The van der Waals surface area contributed by atoms with Crippen molar-refractivity contribution in [3.8, 4) is 5.75 Å². The maximum atomic E-state index is 12.5. The van der Waals surface area contributed by atoms with Gasteiger partial charge in [-0.15, -0.1) is 0 Å². The second-order valence-corrected chi connectivity index (χ2v) is 7.79. The Labute approximate surface area is 163 Å². The number of carbonyl (C=O) groups is 2. The highest BCUT2D eigenvalue weighted by molar-refractivity contribution is 7.88. The molecular formula is C19H22N2O6S. The Morgan fingerprint density at radius 1 is 1.04 bits per heavy atom. The highest BCUT2D eigenvalue weighted by atomic mass is 32.2. The van der Waals surface area contributed by atoms with Crippen molar-refractivity contribution in [1.82, 2.24) is 4.72 Å². The van der Waals surface area contributed by atoms with Gasteiger partial charge < -0.3 is 14.8 Å². The molecule has 0 fully saturated rings. The van der Waals surface area contributed by atoms with Gasteiger partial charge in [0.1, 0.15) is 5.75 Å². The third kappa shape index (κ3) is 6.07. The predicted octanol–water partition coefficient (Wildman–Crippen LogP) is 2.10. The summed E-state index contributed by atoms with van der Waals surface area (Å²) in [7, 11) is -0.799. The molecule has 0 spiro atoms. The minimum absolute atomic E-state index is 0.172. The smallest absolute Gasteiger partial charge is 0.339 e. The van der Waals surface area contributed by atoms with E-state index in [1.54, 1.807) is 42.5 Å². The molecule has 2 rings (SSSR count). The number of methoxy groups -OCH3 is 2. The van der Waals surface area contributed by atoms with Gasteiger partial charge in [0.2, 0.25) is 15.9 Å². The lowest BCUT2D eigenvalue weighted by Gasteiger charge is -2.18. The van der Waals surface area contributed by atoms with Crippen molar-refractivity contribution in [2.45, 2.75) is 12.5 Å². The van der Waals surface area contributed by atoms with Gasteiger partial charge in [0.05, 0.1) is 37.8 Å². The highest BCUT2D eigenvalue weighted by Crippen LogP contribution is 2.23. The third-order valence-electron chi connectivity index (χ3n) is 3.87. The van der Waals surface area contributed by atoms with E-state index in [0.717, 1.165) is 6.26 Å². The van der Waals surface area contributed by atoms with Crippen LogP contribution in [0.25, 0.3) is 0 Å². The predicted molar refractivity (Wildman–Crippen MR) is 105 cm³/mol. The van der Waals surface area contributed by atoms with Crippen molar-refractivity contribution in [3.63, 3.8) is 0 Å². The highest BCUT2D eigenvalue weighted by Gasteiger charge is 2.21. The molecule has 0 aliphatic rings. The number of nitrogens with one attached hydrogen (secondary N) is 2. The Morgan fingerprint density at radius 3 is 2.25 bits per heavy atom. The SMILES string of the molecule is COC(=O)c1ccccc1NC(=O)C[C@@H](NS(C)(=O)=O)c1ccc(OC)cc1. The molecular weight excluding hydrogens is 384 g/mol. The van der Waals surface area contributed by atoms with E-state index in [9.17, 15) is 18.0 Å². The van der Waals surface area contributed by atoms with Crippen molar-refractivity contribution in [2.24, 2.45) is 0 Å². The molecule has 28 heavy (non-hydrogen) atoms. The van der Waals surface area contributed by atoms with Gasteiger partial charge in [0.15, 0.2) is 0 Å². The molecule has 0 aliphatic heterocycles. The Kier molecular flexibility index (Phi) is 7.13. The summed E-state index contributed by atoms with van der Waals surface area (Å²) in [6, 6.07) is 12.3. The normalized spacial score (nSPS) is 12.1. The molecule has 8 nitrogen and oxygen atoms in total. The lowest BCUT2D eigenvalue weighted by Crippen LogP contribution is -2.31. The van der Waals surface area contributed by atoms with Gasteiger partial charge in [-0.2, -0.15) is 0 Å². The Hall–Kier alpha value is -2.91.